The molecule has 1 heterocycles. The first-order valence-electron chi connectivity index (χ1n) is 7.02. The maximum Gasteiger partial charge on any atom is 0.265 e. The third-order valence-electron chi connectivity index (χ3n) is 3.27. The first-order chi connectivity index (χ1) is 9.20. The van der Waals surface area contributed by atoms with Crippen LogP contribution in [0.25, 0.3) is 0 Å². The second-order valence-electron chi connectivity index (χ2n) is 4.93. The van der Waals surface area contributed by atoms with E-state index >= 15 is 0 Å². The van der Waals surface area contributed by atoms with Crippen LogP contribution in [0.1, 0.15) is 32.3 Å². The molecule has 0 bridgehead atoms. The summed E-state index contributed by atoms with van der Waals surface area (Å²) in [6.07, 6.45) is 2.98. The van der Waals surface area contributed by atoms with Crippen LogP contribution in [0.3, 0.4) is 0 Å². The summed E-state index contributed by atoms with van der Waals surface area (Å²) >= 11 is 0. The van der Waals surface area contributed by atoms with Crippen LogP contribution in [0.4, 0.5) is 5.69 Å². The van der Waals surface area contributed by atoms with Crippen molar-refractivity contribution in [1.29, 1.82) is 0 Å². The molecular formula is C15H22N2O2. The van der Waals surface area contributed by atoms with Gasteiger partial charge in [0.1, 0.15) is 5.75 Å². The number of carbonyl (C=O) groups is 1. The molecule has 104 valence electrons. The molecule has 4 heteroatoms. The smallest absolute Gasteiger partial charge is 0.265 e. The highest BCUT2D eigenvalue weighted by atomic mass is 16.5. The molecule has 19 heavy (non-hydrogen) atoms. The number of unbranched alkanes of at least 4 members (excludes halogenated alkanes) is 1. The van der Waals surface area contributed by atoms with Gasteiger partial charge in [-0.2, -0.15) is 0 Å². The second-order valence-corrected chi connectivity index (χ2v) is 4.93. The maximum atomic E-state index is 11.6. The van der Waals surface area contributed by atoms with Crippen molar-refractivity contribution in [3.8, 4) is 5.75 Å². The predicted molar refractivity (Wildman–Crippen MR) is 76.6 cm³/mol. The van der Waals surface area contributed by atoms with E-state index in [0.717, 1.165) is 30.9 Å². The molecule has 1 aromatic carbocycles. The molecule has 0 radical (unpaired) electrons. The van der Waals surface area contributed by atoms with Crippen LogP contribution < -0.4 is 15.4 Å². The van der Waals surface area contributed by atoms with Crippen LogP contribution in [0.15, 0.2) is 18.2 Å². The lowest BCUT2D eigenvalue weighted by Crippen LogP contribution is -2.34. The number of hydrogen-bond donors (Lipinski definition) is 2. The Balaban J connectivity index is 1.90. The third-order valence-corrected chi connectivity index (χ3v) is 3.27. The average Bonchev–Trinajstić information content (AvgIpc) is 2.40. The lowest BCUT2D eigenvalue weighted by atomic mass is 10.1. The fourth-order valence-electron chi connectivity index (χ4n) is 2.07. The van der Waals surface area contributed by atoms with Gasteiger partial charge in [-0.3, -0.25) is 4.79 Å². The van der Waals surface area contributed by atoms with Crippen molar-refractivity contribution in [3.05, 3.63) is 23.8 Å². The molecule has 1 aliphatic heterocycles. The van der Waals surface area contributed by atoms with Crippen LogP contribution in [-0.2, 0) is 11.2 Å². The summed E-state index contributed by atoms with van der Waals surface area (Å²) in [4.78, 5) is 11.6. The number of fused-ring (bicyclic) bond motifs is 1. The monoisotopic (exact) mass is 262 g/mol. The van der Waals surface area contributed by atoms with Gasteiger partial charge in [-0.1, -0.05) is 19.4 Å². The Kier molecular flexibility index (Phi) is 4.80. The number of benzene rings is 1. The molecule has 0 aromatic heterocycles. The summed E-state index contributed by atoms with van der Waals surface area (Å²) in [6.45, 7) is 5.97. The van der Waals surface area contributed by atoms with Crippen LogP contribution in [-0.4, -0.2) is 25.1 Å². The Morgan fingerprint density at radius 3 is 3.00 bits per heavy atom. The van der Waals surface area contributed by atoms with Gasteiger partial charge in [0.2, 0.25) is 0 Å². The molecule has 1 atom stereocenters. The number of ether oxygens (including phenoxy) is 1. The van der Waals surface area contributed by atoms with Crippen molar-refractivity contribution in [2.45, 2.75) is 39.2 Å². The highest BCUT2D eigenvalue weighted by molar-refractivity contribution is 5.97. The summed E-state index contributed by atoms with van der Waals surface area (Å²) in [6, 6.07) is 6.00. The van der Waals surface area contributed by atoms with Crippen LogP contribution in [0, 0.1) is 0 Å². The summed E-state index contributed by atoms with van der Waals surface area (Å²) in [7, 11) is 0. The van der Waals surface area contributed by atoms with E-state index in [4.69, 9.17) is 4.74 Å². The van der Waals surface area contributed by atoms with E-state index in [1.807, 2.05) is 12.1 Å². The van der Waals surface area contributed by atoms with Crippen molar-refractivity contribution in [2.75, 3.05) is 18.4 Å². The summed E-state index contributed by atoms with van der Waals surface area (Å²) in [5.74, 6) is 0.681. The number of rotatable bonds is 6. The van der Waals surface area contributed by atoms with Gasteiger partial charge in [0.05, 0.1) is 5.69 Å². The molecule has 2 N–H and O–H groups in total. The number of anilines is 1. The van der Waals surface area contributed by atoms with Gasteiger partial charge in [0.25, 0.3) is 5.91 Å². The normalized spacial score (nSPS) is 17.6. The number of amides is 1. The summed E-state index contributed by atoms with van der Waals surface area (Å²) < 4.78 is 5.53. The number of carbonyl (C=O) groups excluding carboxylic acids is 1. The van der Waals surface area contributed by atoms with Gasteiger partial charge in [0.15, 0.2) is 6.10 Å². The molecule has 4 nitrogen and oxygen atoms in total. The van der Waals surface area contributed by atoms with E-state index in [1.165, 1.54) is 18.4 Å². The standard InChI is InChI=1S/C15H22N2O2/c1-3-4-8-16-9-7-12-5-6-14-13(10-12)17-15(18)11(2)19-14/h5-6,10-11,16H,3-4,7-9H2,1-2H3,(H,17,18). The summed E-state index contributed by atoms with van der Waals surface area (Å²) in [5.41, 5.74) is 2.00. The Labute approximate surface area is 114 Å². The summed E-state index contributed by atoms with van der Waals surface area (Å²) in [5, 5.41) is 6.29. The zero-order chi connectivity index (χ0) is 13.7. The van der Waals surface area contributed by atoms with Crippen molar-refractivity contribution in [1.82, 2.24) is 5.32 Å². The SMILES string of the molecule is CCCCNCCc1ccc2c(c1)NC(=O)C(C)O2. The molecule has 1 aliphatic rings. The molecule has 1 unspecified atom stereocenters. The van der Waals surface area contributed by atoms with Crippen molar-refractivity contribution in [2.24, 2.45) is 0 Å². The second kappa shape index (κ2) is 6.57. The zero-order valence-electron chi connectivity index (χ0n) is 11.7. The van der Waals surface area contributed by atoms with E-state index in [9.17, 15) is 4.79 Å². The van der Waals surface area contributed by atoms with E-state index in [1.54, 1.807) is 6.92 Å². The predicted octanol–water partition coefficient (Wildman–Crippen LogP) is 2.34. The topological polar surface area (TPSA) is 50.4 Å². The molecule has 2 rings (SSSR count). The van der Waals surface area contributed by atoms with Crippen molar-refractivity contribution < 1.29 is 9.53 Å². The minimum atomic E-state index is -0.408. The van der Waals surface area contributed by atoms with Gasteiger partial charge in [-0.25, -0.2) is 0 Å². The molecule has 1 amide bonds. The van der Waals surface area contributed by atoms with Gasteiger partial charge >= 0.3 is 0 Å². The van der Waals surface area contributed by atoms with E-state index < -0.39 is 6.10 Å². The molecule has 0 fully saturated rings. The number of nitrogens with one attached hydrogen (secondary N) is 2. The Hall–Kier alpha value is -1.55. The average molecular weight is 262 g/mol. The van der Waals surface area contributed by atoms with Gasteiger partial charge < -0.3 is 15.4 Å². The molecule has 0 aliphatic carbocycles. The van der Waals surface area contributed by atoms with E-state index in [0.29, 0.717) is 0 Å². The van der Waals surface area contributed by atoms with Crippen molar-refractivity contribution in [3.63, 3.8) is 0 Å². The van der Waals surface area contributed by atoms with Crippen LogP contribution in [0.2, 0.25) is 0 Å². The quantitative estimate of drug-likeness (QED) is 0.774. The maximum absolute atomic E-state index is 11.6. The third kappa shape index (κ3) is 3.70. The fourth-order valence-corrected chi connectivity index (χ4v) is 2.07. The van der Waals surface area contributed by atoms with Crippen LogP contribution >= 0.6 is 0 Å². The molecule has 1 aromatic rings. The minimum Gasteiger partial charge on any atom is -0.479 e. The fraction of sp³-hybridized carbons (Fsp3) is 0.533. The largest absolute Gasteiger partial charge is 0.479 e. The Morgan fingerprint density at radius 1 is 1.37 bits per heavy atom. The molecule has 0 spiro atoms. The van der Waals surface area contributed by atoms with Gasteiger partial charge in [-0.15, -0.1) is 0 Å². The lowest BCUT2D eigenvalue weighted by molar-refractivity contribution is -0.122. The van der Waals surface area contributed by atoms with Crippen molar-refractivity contribution >= 4 is 11.6 Å². The molecular weight excluding hydrogens is 240 g/mol. The first kappa shape index (κ1) is 13.9. The van der Waals surface area contributed by atoms with E-state index in [-0.39, 0.29) is 5.91 Å². The molecule has 0 saturated carbocycles. The molecule has 0 saturated heterocycles. The van der Waals surface area contributed by atoms with E-state index in [2.05, 4.69) is 23.6 Å². The highest BCUT2D eigenvalue weighted by Gasteiger charge is 2.23. The Bertz CT molecular complexity index is 446. The lowest BCUT2D eigenvalue weighted by Gasteiger charge is -2.23. The van der Waals surface area contributed by atoms with Gasteiger partial charge in [0, 0.05) is 0 Å². The van der Waals surface area contributed by atoms with Crippen LogP contribution in [0.5, 0.6) is 5.75 Å². The van der Waals surface area contributed by atoms with Gasteiger partial charge in [-0.05, 0) is 50.6 Å². The minimum absolute atomic E-state index is 0.0780. The Morgan fingerprint density at radius 2 is 2.21 bits per heavy atom. The number of hydrogen-bond acceptors (Lipinski definition) is 3. The zero-order valence-corrected chi connectivity index (χ0v) is 11.7. The highest BCUT2D eigenvalue weighted by Crippen LogP contribution is 2.30. The first-order valence-corrected chi connectivity index (χ1v) is 7.02.